The summed E-state index contributed by atoms with van der Waals surface area (Å²) in [5.41, 5.74) is 8.85. The minimum absolute atomic E-state index is 0.123. The second kappa shape index (κ2) is 30.0. The molecule has 0 saturated heterocycles. The van der Waals surface area contributed by atoms with Crippen molar-refractivity contribution in [2.45, 2.75) is 32.7 Å². The van der Waals surface area contributed by atoms with E-state index in [1.165, 1.54) is 29.2 Å². The maximum Gasteiger partial charge on any atom is 0.239 e. The fourth-order valence-electron chi connectivity index (χ4n) is 5.54. The number of nitrogens with two attached hydrogens (primary N) is 1. The van der Waals surface area contributed by atoms with Gasteiger partial charge in [-0.15, -0.1) is 0 Å². The number of amides is 4. The van der Waals surface area contributed by atoms with E-state index in [0.717, 1.165) is 39.9 Å². The summed E-state index contributed by atoms with van der Waals surface area (Å²) >= 11 is 6.28. The SMILES string of the molecule is C=O.CCc1cc(F)cc(F)c1.CNc1ccc(OC)cc1.COc1ccc(NC=O)cc1.C[C@H](Cc1cc(F)cc(F)c1)NC(=O)CN(C)c1c(Cl)cccc1N(C=O)CC(N)=O. The highest BCUT2D eigenvalue weighted by atomic mass is 35.5. The van der Waals surface area contributed by atoms with Gasteiger partial charge < -0.3 is 45.8 Å². The van der Waals surface area contributed by atoms with Gasteiger partial charge in [-0.1, -0.05) is 24.6 Å². The van der Waals surface area contributed by atoms with Crippen LogP contribution in [0.5, 0.6) is 11.5 Å². The van der Waals surface area contributed by atoms with Crippen LogP contribution in [0.3, 0.4) is 0 Å². The van der Waals surface area contributed by atoms with E-state index in [1.54, 1.807) is 70.7 Å². The summed E-state index contributed by atoms with van der Waals surface area (Å²) in [7, 11) is 6.75. The second-order valence-electron chi connectivity index (χ2n) is 13.2. The predicted molar refractivity (Wildman–Crippen MR) is 243 cm³/mol. The fourth-order valence-corrected chi connectivity index (χ4v) is 5.85. The first-order valence-electron chi connectivity index (χ1n) is 19.2. The number of hydrogen-bond acceptors (Lipinski definition) is 9. The van der Waals surface area contributed by atoms with Crippen LogP contribution in [-0.2, 0) is 36.8 Å². The second-order valence-corrected chi connectivity index (χ2v) is 13.6. The van der Waals surface area contributed by atoms with Crippen LogP contribution in [0.2, 0.25) is 5.02 Å². The summed E-state index contributed by atoms with van der Waals surface area (Å²) in [6.07, 6.45) is 1.99. The predicted octanol–water partition coefficient (Wildman–Crippen LogP) is 7.59. The van der Waals surface area contributed by atoms with Gasteiger partial charge in [-0.05, 0) is 116 Å². The highest BCUT2D eigenvalue weighted by molar-refractivity contribution is 6.34. The van der Waals surface area contributed by atoms with E-state index in [1.807, 2.05) is 45.0 Å². The van der Waals surface area contributed by atoms with Crippen molar-refractivity contribution in [2.24, 2.45) is 5.73 Å². The van der Waals surface area contributed by atoms with Gasteiger partial charge in [0.15, 0.2) is 0 Å². The van der Waals surface area contributed by atoms with Crippen LogP contribution in [0, 0.1) is 23.3 Å². The third-order valence-electron chi connectivity index (χ3n) is 8.39. The first-order chi connectivity index (χ1) is 30.5. The van der Waals surface area contributed by atoms with Gasteiger partial charge in [-0.2, -0.15) is 0 Å². The third-order valence-corrected chi connectivity index (χ3v) is 8.69. The molecule has 1 atom stereocenters. The Morgan fingerprint density at radius 3 is 1.69 bits per heavy atom. The van der Waals surface area contributed by atoms with E-state index in [9.17, 15) is 36.7 Å². The molecular weight excluding hydrogens is 860 g/mol. The van der Waals surface area contributed by atoms with Gasteiger partial charge in [0.25, 0.3) is 0 Å². The number of carbonyl (C=O) groups is 5. The Bertz CT molecular complexity index is 2140. The molecule has 0 spiro atoms. The van der Waals surface area contributed by atoms with Gasteiger partial charge >= 0.3 is 0 Å². The van der Waals surface area contributed by atoms with E-state index in [2.05, 4.69) is 16.0 Å². The third kappa shape index (κ3) is 20.6. The first-order valence-corrected chi connectivity index (χ1v) is 19.6. The molecule has 0 aliphatic carbocycles. The number of aryl methyl sites for hydroxylation is 1. The van der Waals surface area contributed by atoms with Gasteiger partial charge in [0.2, 0.25) is 24.6 Å². The van der Waals surface area contributed by atoms with Gasteiger partial charge in [0, 0.05) is 43.6 Å². The number of ether oxygens (including phenoxy) is 2. The molecule has 344 valence electrons. The van der Waals surface area contributed by atoms with E-state index in [-0.39, 0.29) is 30.4 Å². The normalized spacial score (nSPS) is 10.1. The van der Waals surface area contributed by atoms with Crippen molar-refractivity contribution < 1.29 is 51.0 Å². The van der Waals surface area contributed by atoms with Crippen molar-refractivity contribution in [1.82, 2.24) is 5.32 Å². The molecule has 0 fully saturated rings. The smallest absolute Gasteiger partial charge is 0.239 e. The zero-order valence-corrected chi connectivity index (χ0v) is 37.1. The fraction of sp³-hybridized carbons (Fsp3) is 0.239. The summed E-state index contributed by atoms with van der Waals surface area (Å²) in [6.45, 7) is 5.09. The van der Waals surface area contributed by atoms with Gasteiger partial charge in [0.1, 0.15) is 48.1 Å². The number of para-hydroxylation sites is 1. The molecule has 64 heavy (non-hydrogen) atoms. The molecule has 5 rings (SSSR count). The van der Waals surface area contributed by atoms with E-state index in [4.69, 9.17) is 31.6 Å². The molecule has 18 heteroatoms. The number of nitrogens with zero attached hydrogens (tertiary/aromatic N) is 2. The highest BCUT2D eigenvalue weighted by Gasteiger charge is 2.20. The van der Waals surface area contributed by atoms with Crippen LogP contribution >= 0.6 is 11.6 Å². The van der Waals surface area contributed by atoms with Crippen molar-refractivity contribution >= 4 is 65.8 Å². The van der Waals surface area contributed by atoms with Crippen molar-refractivity contribution in [2.75, 3.05) is 61.8 Å². The van der Waals surface area contributed by atoms with Crippen molar-refractivity contribution in [1.29, 1.82) is 0 Å². The lowest BCUT2D eigenvalue weighted by Gasteiger charge is -2.27. The number of halogens is 5. The van der Waals surface area contributed by atoms with E-state index < -0.39 is 35.2 Å². The summed E-state index contributed by atoms with van der Waals surface area (Å²) in [5.74, 6) is -1.79. The molecule has 0 heterocycles. The molecule has 0 aliphatic rings. The van der Waals surface area contributed by atoms with Crippen molar-refractivity contribution in [3.63, 3.8) is 0 Å². The average Bonchev–Trinajstić information content (AvgIpc) is 3.26. The van der Waals surface area contributed by atoms with Crippen LogP contribution in [0.25, 0.3) is 0 Å². The Hall–Kier alpha value is -7.14. The highest BCUT2D eigenvalue weighted by Crippen LogP contribution is 2.35. The zero-order chi connectivity index (χ0) is 48.2. The molecular formula is C46H53ClF4N6O7. The zero-order valence-electron chi connectivity index (χ0n) is 36.3. The molecule has 0 radical (unpaired) electrons. The largest absolute Gasteiger partial charge is 0.497 e. The number of methoxy groups -OCH3 is 2. The molecule has 0 aromatic heterocycles. The van der Waals surface area contributed by atoms with Crippen LogP contribution in [-0.4, -0.2) is 78.9 Å². The lowest BCUT2D eigenvalue weighted by molar-refractivity contribution is -0.120. The monoisotopic (exact) mass is 912 g/mol. The van der Waals surface area contributed by atoms with Gasteiger partial charge in [-0.3, -0.25) is 19.2 Å². The Morgan fingerprint density at radius 2 is 1.27 bits per heavy atom. The number of rotatable bonds is 16. The van der Waals surface area contributed by atoms with Gasteiger partial charge in [0.05, 0.1) is 37.2 Å². The number of carbonyl (C=O) groups excluding carboxylic acids is 5. The summed E-state index contributed by atoms with van der Waals surface area (Å²) in [5, 5.41) is 8.57. The Kier molecular flexibility index (Phi) is 25.7. The molecule has 4 amide bonds. The molecule has 0 saturated carbocycles. The Labute approximate surface area is 375 Å². The Morgan fingerprint density at radius 1 is 0.781 bits per heavy atom. The van der Waals surface area contributed by atoms with Crippen molar-refractivity contribution in [3.8, 4) is 11.5 Å². The summed E-state index contributed by atoms with van der Waals surface area (Å²) in [4.78, 5) is 55.8. The molecule has 0 aliphatic heterocycles. The minimum atomic E-state index is -0.707. The number of likely N-dealkylation sites (N-methyl/N-ethyl adjacent to an activating group) is 1. The minimum Gasteiger partial charge on any atom is -0.497 e. The lowest BCUT2D eigenvalue weighted by Crippen LogP contribution is -2.41. The maximum absolute atomic E-state index is 13.3. The van der Waals surface area contributed by atoms with Crippen LogP contribution < -0.4 is 41.0 Å². The molecule has 5 aromatic carbocycles. The first kappa shape index (κ1) is 54.9. The van der Waals surface area contributed by atoms with Crippen LogP contribution in [0.1, 0.15) is 25.0 Å². The lowest BCUT2D eigenvalue weighted by atomic mass is 10.1. The average molecular weight is 913 g/mol. The number of anilines is 4. The maximum atomic E-state index is 13.3. The summed E-state index contributed by atoms with van der Waals surface area (Å²) < 4.78 is 61.4. The van der Waals surface area contributed by atoms with Crippen LogP contribution in [0.15, 0.2) is 103 Å². The number of primary amides is 1. The Balaban J connectivity index is 0.000000500. The summed E-state index contributed by atoms with van der Waals surface area (Å²) in [6, 6.07) is 26.0. The quantitative estimate of drug-likeness (QED) is 0.0575. The van der Waals surface area contributed by atoms with E-state index >= 15 is 0 Å². The molecule has 0 unspecified atom stereocenters. The van der Waals surface area contributed by atoms with Crippen molar-refractivity contribution in [3.05, 3.63) is 143 Å². The number of benzene rings is 5. The van der Waals surface area contributed by atoms with Crippen LogP contribution in [0.4, 0.5) is 40.3 Å². The number of nitrogens with one attached hydrogen (secondary N) is 3. The number of hydrogen-bond donors (Lipinski definition) is 4. The topological polar surface area (TPSA) is 172 Å². The van der Waals surface area contributed by atoms with Gasteiger partial charge in [-0.25, -0.2) is 17.6 Å². The standard InChI is InChI=1S/C21H23ClF2N4O3.C8H8F2.C8H9NO2.C8H11NO.CH2O/c1-13(6-14-7-15(23)9-16(24)8-14)26-20(31)11-27(2)21-17(22)4-3-5-18(21)28(12-29)10-19(25)30;1-2-6-3-7(9)5-8(10)4-6;1-11-8-4-2-7(3-5-8)9-6-10;1-9-7-3-5-8(10-2)6-4-7;1-2/h3-5,7-9,12-13H,6,10-11H2,1-2H3,(H2,25,30)(H,26,31);3-5H,2H2,1H3;2-6H,1H3,(H,9,10);3-6,9H,1-2H3;1H2/t13-;;;;/m1..../s1. The van der Waals surface area contributed by atoms with E-state index in [0.29, 0.717) is 41.7 Å². The molecule has 5 N–H and O–H groups in total. The molecule has 0 bridgehead atoms. The molecule has 13 nitrogen and oxygen atoms in total. The molecule has 5 aromatic rings.